The highest BCUT2D eigenvalue weighted by atomic mass is 32.2. The van der Waals surface area contributed by atoms with Gasteiger partial charge in [-0.3, -0.25) is 4.79 Å². The molecule has 0 heterocycles. The van der Waals surface area contributed by atoms with Crippen LogP contribution in [-0.4, -0.2) is 11.7 Å². The van der Waals surface area contributed by atoms with Crippen LogP contribution in [0.5, 0.6) is 0 Å². The normalized spacial score (nSPS) is 10.2. The lowest BCUT2D eigenvalue weighted by molar-refractivity contribution is -0.115. The van der Waals surface area contributed by atoms with Gasteiger partial charge in [-0.15, -0.1) is 11.8 Å². The summed E-state index contributed by atoms with van der Waals surface area (Å²) in [7, 11) is 0. The zero-order chi connectivity index (χ0) is 14.4. The smallest absolute Gasteiger partial charge is 0.227 e. The highest BCUT2D eigenvalue weighted by molar-refractivity contribution is 8.00. The Morgan fingerprint density at radius 1 is 1.15 bits per heavy atom. The summed E-state index contributed by atoms with van der Waals surface area (Å²) < 4.78 is 0. The Balaban J connectivity index is 2.01. The van der Waals surface area contributed by atoms with E-state index in [0.29, 0.717) is 5.75 Å². The maximum absolute atomic E-state index is 10.9. The van der Waals surface area contributed by atoms with Gasteiger partial charge in [-0.25, -0.2) is 0 Å². The molecule has 0 aromatic heterocycles. The largest absolute Gasteiger partial charge is 0.380 e. The standard InChI is InChI=1S/C16H18N2OS/c1-12-6-8-13(9-7-12)10-18-14-4-2-3-5-15(14)20-11-16(17)19/h2-9,18H,10-11H2,1H3,(H2,17,19). The molecular weight excluding hydrogens is 268 g/mol. The summed E-state index contributed by atoms with van der Waals surface area (Å²) in [5.41, 5.74) is 8.70. The van der Waals surface area contributed by atoms with Crippen molar-refractivity contribution in [1.82, 2.24) is 0 Å². The van der Waals surface area contributed by atoms with Crippen LogP contribution >= 0.6 is 11.8 Å². The number of para-hydroxylation sites is 1. The summed E-state index contributed by atoms with van der Waals surface area (Å²) in [4.78, 5) is 11.9. The lowest BCUT2D eigenvalue weighted by Gasteiger charge is -2.11. The molecule has 0 fully saturated rings. The Morgan fingerprint density at radius 3 is 2.55 bits per heavy atom. The molecule has 0 atom stereocenters. The minimum atomic E-state index is -0.302. The maximum Gasteiger partial charge on any atom is 0.227 e. The second-order valence-corrected chi connectivity index (χ2v) is 5.61. The quantitative estimate of drug-likeness (QED) is 0.802. The molecule has 3 N–H and O–H groups in total. The summed E-state index contributed by atoms with van der Waals surface area (Å²) >= 11 is 1.46. The van der Waals surface area contributed by atoms with E-state index in [1.807, 2.05) is 24.3 Å². The molecule has 0 bridgehead atoms. The van der Waals surface area contributed by atoms with Gasteiger partial charge in [0.25, 0.3) is 0 Å². The Bertz CT molecular complexity index is 581. The minimum absolute atomic E-state index is 0.295. The second-order valence-electron chi connectivity index (χ2n) is 4.59. The third-order valence-corrected chi connectivity index (χ3v) is 3.96. The SMILES string of the molecule is Cc1ccc(CNc2ccccc2SCC(N)=O)cc1. The molecule has 0 saturated carbocycles. The molecule has 4 heteroatoms. The number of primary amides is 1. The van der Waals surface area contributed by atoms with E-state index in [-0.39, 0.29) is 5.91 Å². The molecule has 104 valence electrons. The molecule has 0 saturated heterocycles. The van der Waals surface area contributed by atoms with Crippen molar-refractivity contribution < 1.29 is 4.79 Å². The van der Waals surface area contributed by atoms with Crippen LogP contribution in [-0.2, 0) is 11.3 Å². The third kappa shape index (κ3) is 4.31. The summed E-state index contributed by atoms with van der Waals surface area (Å²) in [6.45, 7) is 2.83. The van der Waals surface area contributed by atoms with Gasteiger partial charge in [-0.1, -0.05) is 42.0 Å². The van der Waals surface area contributed by atoms with Gasteiger partial charge in [-0.05, 0) is 24.6 Å². The predicted molar refractivity (Wildman–Crippen MR) is 84.9 cm³/mol. The zero-order valence-electron chi connectivity index (χ0n) is 11.4. The van der Waals surface area contributed by atoms with E-state index in [4.69, 9.17) is 5.73 Å². The van der Waals surface area contributed by atoms with Crippen molar-refractivity contribution >= 4 is 23.4 Å². The number of carbonyl (C=O) groups excluding carboxylic acids is 1. The first kappa shape index (κ1) is 14.5. The minimum Gasteiger partial charge on any atom is -0.380 e. The van der Waals surface area contributed by atoms with E-state index in [0.717, 1.165) is 17.1 Å². The molecule has 0 radical (unpaired) electrons. The van der Waals surface area contributed by atoms with Crippen LogP contribution in [0.2, 0.25) is 0 Å². The lowest BCUT2D eigenvalue weighted by atomic mass is 10.1. The van der Waals surface area contributed by atoms with Crippen LogP contribution in [0.1, 0.15) is 11.1 Å². The number of anilines is 1. The second kappa shape index (κ2) is 7.01. The zero-order valence-corrected chi connectivity index (χ0v) is 12.2. The number of amides is 1. The van der Waals surface area contributed by atoms with Gasteiger partial charge in [-0.2, -0.15) is 0 Å². The van der Waals surface area contributed by atoms with Gasteiger partial charge in [0.2, 0.25) is 5.91 Å². The number of rotatable bonds is 6. The molecule has 20 heavy (non-hydrogen) atoms. The molecule has 1 amide bonds. The highest BCUT2D eigenvalue weighted by Crippen LogP contribution is 2.27. The van der Waals surface area contributed by atoms with Crippen LogP contribution in [0.25, 0.3) is 0 Å². The fraction of sp³-hybridized carbons (Fsp3) is 0.188. The van der Waals surface area contributed by atoms with Gasteiger partial charge in [0.1, 0.15) is 0 Å². The number of benzene rings is 2. The predicted octanol–water partition coefficient (Wildman–Crippen LogP) is 3.18. The average molecular weight is 286 g/mol. The molecular formula is C16H18N2OS. The van der Waals surface area contributed by atoms with Crippen LogP contribution < -0.4 is 11.1 Å². The number of carbonyl (C=O) groups is 1. The highest BCUT2D eigenvalue weighted by Gasteiger charge is 2.04. The average Bonchev–Trinajstić information content (AvgIpc) is 2.45. The first-order valence-corrected chi connectivity index (χ1v) is 7.43. The molecule has 0 spiro atoms. The fourth-order valence-corrected chi connectivity index (χ4v) is 2.56. The number of aryl methyl sites for hydroxylation is 1. The number of hydrogen-bond acceptors (Lipinski definition) is 3. The first-order valence-electron chi connectivity index (χ1n) is 6.44. The van der Waals surface area contributed by atoms with E-state index >= 15 is 0 Å². The number of thioether (sulfide) groups is 1. The monoisotopic (exact) mass is 286 g/mol. The first-order chi connectivity index (χ1) is 9.65. The summed E-state index contributed by atoms with van der Waals surface area (Å²) in [5.74, 6) is -0.00760. The van der Waals surface area contributed by atoms with Crippen LogP contribution in [0.15, 0.2) is 53.4 Å². The van der Waals surface area contributed by atoms with Gasteiger partial charge in [0, 0.05) is 17.1 Å². The molecule has 0 aliphatic heterocycles. The number of hydrogen-bond donors (Lipinski definition) is 2. The van der Waals surface area contributed by atoms with E-state index in [1.165, 1.54) is 22.9 Å². The van der Waals surface area contributed by atoms with Gasteiger partial charge >= 0.3 is 0 Å². The molecule has 0 unspecified atom stereocenters. The summed E-state index contributed by atoms with van der Waals surface area (Å²) in [5, 5.41) is 3.40. The van der Waals surface area contributed by atoms with Gasteiger partial charge in [0.05, 0.1) is 5.75 Å². The number of nitrogens with two attached hydrogens (primary N) is 1. The summed E-state index contributed by atoms with van der Waals surface area (Å²) in [6, 6.07) is 16.4. The summed E-state index contributed by atoms with van der Waals surface area (Å²) in [6.07, 6.45) is 0. The fourth-order valence-electron chi connectivity index (χ4n) is 1.79. The van der Waals surface area contributed by atoms with Crippen molar-refractivity contribution in [3.63, 3.8) is 0 Å². The van der Waals surface area contributed by atoms with Gasteiger partial charge < -0.3 is 11.1 Å². The topological polar surface area (TPSA) is 55.1 Å². The molecule has 0 aliphatic rings. The molecule has 2 rings (SSSR count). The van der Waals surface area contributed by atoms with Crippen molar-refractivity contribution in [2.45, 2.75) is 18.4 Å². The Morgan fingerprint density at radius 2 is 1.85 bits per heavy atom. The van der Waals surface area contributed by atoms with Crippen LogP contribution in [0.3, 0.4) is 0 Å². The molecule has 2 aromatic rings. The van der Waals surface area contributed by atoms with Crippen LogP contribution in [0.4, 0.5) is 5.69 Å². The van der Waals surface area contributed by atoms with Crippen molar-refractivity contribution in [2.75, 3.05) is 11.1 Å². The lowest BCUT2D eigenvalue weighted by Crippen LogP contribution is -2.13. The van der Waals surface area contributed by atoms with Crippen LogP contribution in [0, 0.1) is 6.92 Å². The van der Waals surface area contributed by atoms with Gasteiger partial charge in [0.15, 0.2) is 0 Å². The van der Waals surface area contributed by atoms with E-state index in [9.17, 15) is 4.79 Å². The van der Waals surface area contributed by atoms with Crippen molar-refractivity contribution in [1.29, 1.82) is 0 Å². The third-order valence-electron chi connectivity index (χ3n) is 2.86. The number of nitrogens with one attached hydrogen (secondary N) is 1. The van der Waals surface area contributed by atoms with E-state index in [1.54, 1.807) is 0 Å². The van der Waals surface area contributed by atoms with Crippen molar-refractivity contribution in [3.8, 4) is 0 Å². The maximum atomic E-state index is 10.9. The van der Waals surface area contributed by atoms with Crippen molar-refractivity contribution in [3.05, 3.63) is 59.7 Å². The van der Waals surface area contributed by atoms with E-state index in [2.05, 4.69) is 36.5 Å². The van der Waals surface area contributed by atoms with E-state index < -0.39 is 0 Å². The Labute approximate surface area is 123 Å². The molecule has 2 aromatic carbocycles. The molecule has 3 nitrogen and oxygen atoms in total. The van der Waals surface area contributed by atoms with Crippen molar-refractivity contribution in [2.24, 2.45) is 5.73 Å². The Hall–Kier alpha value is -1.94. The Kier molecular flexibility index (Phi) is 5.07. The molecule has 0 aliphatic carbocycles.